The molecule has 0 fully saturated rings. The molecule has 0 spiro atoms. The minimum atomic E-state index is 0.936. The summed E-state index contributed by atoms with van der Waals surface area (Å²) in [7, 11) is 0. The van der Waals surface area contributed by atoms with Crippen molar-refractivity contribution in [3.05, 3.63) is 50.4 Å². The zero-order chi connectivity index (χ0) is 13.3. The third kappa shape index (κ3) is 2.29. The third-order valence-corrected chi connectivity index (χ3v) is 4.28. The van der Waals surface area contributed by atoms with Gasteiger partial charge in [-0.15, -0.1) is 0 Å². The molecular formula is C14H15IN2O. The Hall–Kier alpha value is -1.30. The SMILES string of the molecule is Cc1cc(-n2c(C)cc(/C=N\O)c2C)ccc1I. The zero-order valence-electron chi connectivity index (χ0n) is 10.6. The lowest BCUT2D eigenvalue weighted by Crippen LogP contribution is -2.00. The third-order valence-electron chi connectivity index (χ3n) is 3.07. The minimum absolute atomic E-state index is 0.936. The molecule has 0 unspecified atom stereocenters. The number of rotatable bonds is 2. The van der Waals surface area contributed by atoms with E-state index in [0.29, 0.717) is 0 Å². The highest BCUT2D eigenvalue weighted by molar-refractivity contribution is 14.1. The van der Waals surface area contributed by atoms with Crippen molar-refractivity contribution in [2.45, 2.75) is 20.8 Å². The second kappa shape index (κ2) is 5.14. The first-order valence-electron chi connectivity index (χ1n) is 5.67. The van der Waals surface area contributed by atoms with Gasteiger partial charge in [-0.1, -0.05) is 5.16 Å². The second-order valence-corrected chi connectivity index (χ2v) is 5.50. The standard InChI is InChI=1S/C14H15IN2O/c1-9-6-13(4-5-14(9)15)17-10(2)7-12(8-16-18)11(17)3/h4-8,18H,1-3H3/b16-8-. The van der Waals surface area contributed by atoms with Crippen LogP contribution in [0.25, 0.3) is 5.69 Å². The average Bonchev–Trinajstić information content (AvgIpc) is 2.59. The number of aromatic nitrogens is 1. The molecule has 0 aliphatic heterocycles. The molecule has 0 aliphatic carbocycles. The van der Waals surface area contributed by atoms with E-state index < -0.39 is 0 Å². The fraction of sp³-hybridized carbons (Fsp3) is 0.214. The number of nitrogens with zero attached hydrogens (tertiary/aromatic N) is 2. The maximum absolute atomic E-state index is 8.65. The Labute approximate surface area is 120 Å². The largest absolute Gasteiger partial charge is 0.411 e. The summed E-state index contributed by atoms with van der Waals surface area (Å²) >= 11 is 2.33. The van der Waals surface area contributed by atoms with Crippen LogP contribution in [0.5, 0.6) is 0 Å². The Bertz CT molecular complexity index is 614. The second-order valence-electron chi connectivity index (χ2n) is 4.34. The van der Waals surface area contributed by atoms with E-state index in [0.717, 1.165) is 22.6 Å². The number of benzene rings is 1. The van der Waals surface area contributed by atoms with Crippen LogP contribution in [0.1, 0.15) is 22.5 Å². The van der Waals surface area contributed by atoms with Gasteiger partial charge in [0.15, 0.2) is 0 Å². The Morgan fingerprint density at radius 1 is 1.22 bits per heavy atom. The highest BCUT2D eigenvalue weighted by Crippen LogP contribution is 2.22. The normalized spacial score (nSPS) is 11.3. The van der Waals surface area contributed by atoms with E-state index in [1.54, 1.807) is 0 Å². The number of hydrogen-bond donors (Lipinski definition) is 1. The van der Waals surface area contributed by atoms with E-state index in [1.807, 2.05) is 13.0 Å². The Morgan fingerprint density at radius 2 is 1.94 bits per heavy atom. The molecule has 18 heavy (non-hydrogen) atoms. The monoisotopic (exact) mass is 354 g/mol. The summed E-state index contributed by atoms with van der Waals surface area (Å²) in [4.78, 5) is 0. The molecular weight excluding hydrogens is 339 g/mol. The predicted molar refractivity (Wildman–Crippen MR) is 82.1 cm³/mol. The van der Waals surface area contributed by atoms with E-state index >= 15 is 0 Å². The summed E-state index contributed by atoms with van der Waals surface area (Å²) in [5.41, 5.74) is 5.54. The van der Waals surface area contributed by atoms with Crippen molar-refractivity contribution in [1.82, 2.24) is 4.57 Å². The lowest BCUT2D eigenvalue weighted by Gasteiger charge is -2.11. The van der Waals surface area contributed by atoms with Gasteiger partial charge in [0.2, 0.25) is 0 Å². The quantitative estimate of drug-likeness (QED) is 0.379. The molecule has 0 atom stereocenters. The highest BCUT2D eigenvalue weighted by Gasteiger charge is 2.10. The molecule has 0 radical (unpaired) electrons. The molecule has 3 nitrogen and oxygen atoms in total. The Balaban J connectivity index is 2.60. The Kier molecular flexibility index (Phi) is 3.75. The van der Waals surface area contributed by atoms with Gasteiger partial charge in [0, 0.05) is 26.2 Å². The van der Waals surface area contributed by atoms with Gasteiger partial charge >= 0.3 is 0 Å². The van der Waals surface area contributed by atoms with Gasteiger partial charge in [-0.2, -0.15) is 0 Å². The van der Waals surface area contributed by atoms with Gasteiger partial charge in [-0.25, -0.2) is 0 Å². The first-order valence-corrected chi connectivity index (χ1v) is 6.75. The highest BCUT2D eigenvalue weighted by atomic mass is 127. The van der Waals surface area contributed by atoms with Crippen LogP contribution in [0, 0.1) is 24.3 Å². The number of hydrogen-bond acceptors (Lipinski definition) is 2. The molecule has 1 heterocycles. The maximum atomic E-state index is 8.65. The predicted octanol–water partition coefficient (Wildman–Crippen LogP) is 3.82. The minimum Gasteiger partial charge on any atom is -0.411 e. The average molecular weight is 354 g/mol. The summed E-state index contributed by atoms with van der Waals surface area (Å²) in [5.74, 6) is 0. The Morgan fingerprint density at radius 3 is 2.56 bits per heavy atom. The summed E-state index contributed by atoms with van der Waals surface area (Å²) in [6.07, 6.45) is 1.47. The molecule has 0 amide bonds. The van der Waals surface area contributed by atoms with Crippen LogP contribution in [0.3, 0.4) is 0 Å². The van der Waals surface area contributed by atoms with Crippen molar-refractivity contribution in [2.24, 2.45) is 5.16 Å². The summed E-state index contributed by atoms with van der Waals surface area (Å²) < 4.78 is 3.43. The van der Waals surface area contributed by atoms with Gasteiger partial charge in [0.05, 0.1) is 6.21 Å². The van der Waals surface area contributed by atoms with Gasteiger partial charge in [0.1, 0.15) is 0 Å². The van der Waals surface area contributed by atoms with Crippen LogP contribution in [0.4, 0.5) is 0 Å². The molecule has 94 valence electrons. The van der Waals surface area contributed by atoms with Gasteiger partial charge in [-0.05, 0) is 73.2 Å². The molecule has 1 N–H and O–H groups in total. The van der Waals surface area contributed by atoms with Gasteiger partial charge in [-0.3, -0.25) is 0 Å². The molecule has 1 aromatic heterocycles. The number of oxime groups is 1. The van der Waals surface area contributed by atoms with Crippen molar-refractivity contribution in [2.75, 3.05) is 0 Å². The van der Waals surface area contributed by atoms with Crippen LogP contribution < -0.4 is 0 Å². The zero-order valence-corrected chi connectivity index (χ0v) is 12.8. The molecule has 0 bridgehead atoms. The smallest absolute Gasteiger partial charge is 0.0752 e. The van der Waals surface area contributed by atoms with Gasteiger partial charge in [0.25, 0.3) is 0 Å². The van der Waals surface area contributed by atoms with E-state index in [4.69, 9.17) is 5.21 Å². The van der Waals surface area contributed by atoms with Crippen LogP contribution in [0.15, 0.2) is 29.4 Å². The van der Waals surface area contributed by atoms with Crippen molar-refractivity contribution >= 4 is 28.8 Å². The molecule has 0 aliphatic rings. The first-order chi connectivity index (χ1) is 8.54. The maximum Gasteiger partial charge on any atom is 0.0752 e. The fourth-order valence-electron chi connectivity index (χ4n) is 2.15. The first kappa shape index (κ1) is 13.1. The molecule has 2 aromatic rings. The summed E-state index contributed by atoms with van der Waals surface area (Å²) in [5, 5.41) is 11.8. The van der Waals surface area contributed by atoms with Crippen LogP contribution >= 0.6 is 22.6 Å². The van der Waals surface area contributed by atoms with Crippen LogP contribution in [-0.2, 0) is 0 Å². The molecule has 0 saturated carbocycles. The van der Waals surface area contributed by atoms with Crippen molar-refractivity contribution in [3.8, 4) is 5.69 Å². The van der Waals surface area contributed by atoms with Crippen molar-refractivity contribution in [1.29, 1.82) is 0 Å². The summed E-state index contributed by atoms with van der Waals surface area (Å²) in [6.45, 7) is 6.18. The van der Waals surface area contributed by atoms with Crippen LogP contribution in [-0.4, -0.2) is 16.0 Å². The topological polar surface area (TPSA) is 37.5 Å². The van der Waals surface area contributed by atoms with E-state index in [-0.39, 0.29) is 0 Å². The number of aryl methyl sites for hydroxylation is 2. The van der Waals surface area contributed by atoms with E-state index in [2.05, 4.69) is 64.4 Å². The lowest BCUT2D eigenvalue weighted by atomic mass is 10.2. The van der Waals surface area contributed by atoms with E-state index in [1.165, 1.54) is 15.3 Å². The number of halogens is 1. The molecule has 1 aromatic carbocycles. The van der Waals surface area contributed by atoms with Crippen molar-refractivity contribution in [3.63, 3.8) is 0 Å². The van der Waals surface area contributed by atoms with Gasteiger partial charge < -0.3 is 9.77 Å². The fourth-order valence-corrected chi connectivity index (χ4v) is 2.48. The summed E-state index contributed by atoms with van der Waals surface area (Å²) in [6, 6.07) is 8.41. The van der Waals surface area contributed by atoms with Crippen molar-refractivity contribution < 1.29 is 5.21 Å². The lowest BCUT2D eigenvalue weighted by molar-refractivity contribution is 0.322. The molecule has 4 heteroatoms. The van der Waals surface area contributed by atoms with Crippen LogP contribution in [0.2, 0.25) is 0 Å². The molecule has 0 saturated heterocycles. The molecule has 2 rings (SSSR count). The van der Waals surface area contributed by atoms with E-state index in [9.17, 15) is 0 Å².